The molecule has 35 heavy (non-hydrogen) atoms. The van der Waals surface area contributed by atoms with Crippen LogP contribution in [0.1, 0.15) is 15.9 Å². The van der Waals surface area contributed by atoms with Crippen LogP contribution in [0.3, 0.4) is 0 Å². The van der Waals surface area contributed by atoms with Crippen molar-refractivity contribution in [2.45, 2.75) is 12.5 Å². The number of benzene rings is 2. The fourth-order valence-electron chi connectivity index (χ4n) is 4.05. The standard InChI is InChI=1S/C23H24F3N5O4/c24-23(25,26)35-18-7-3-16(4-8-18)21(32)30-11-9-29(10-12-30)13-19-14-31(22(33)34-19)17-5-1-15(2-6-17)20(27)28/h1-8,19H,9-14H2,(H3,27,28). The van der Waals surface area contributed by atoms with Gasteiger partial charge in [0.15, 0.2) is 0 Å². The van der Waals surface area contributed by atoms with E-state index in [0.29, 0.717) is 50.5 Å². The van der Waals surface area contributed by atoms with Gasteiger partial charge in [0, 0.05) is 49.5 Å². The Labute approximate surface area is 199 Å². The van der Waals surface area contributed by atoms with Gasteiger partial charge in [-0.05, 0) is 48.5 Å². The Balaban J connectivity index is 1.26. The predicted molar refractivity (Wildman–Crippen MR) is 121 cm³/mol. The molecule has 2 aromatic rings. The van der Waals surface area contributed by atoms with E-state index in [9.17, 15) is 22.8 Å². The van der Waals surface area contributed by atoms with E-state index in [-0.39, 0.29) is 29.2 Å². The molecule has 2 aliphatic heterocycles. The number of alkyl halides is 3. The van der Waals surface area contributed by atoms with Gasteiger partial charge < -0.3 is 20.1 Å². The van der Waals surface area contributed by atoms with E-state index < -0.39 is 12.5 Å². The monoisotopic (exact) mass is 491 g/mol. The molecule has 2 saturated heterocycles. The van der Waals surface area contributed by atoms with Crippen LogP contribution in [0, 0.1) is 5.41 Å². The number of nitrogen functional groups attached to an aromatic ring is 1. The number of amides is 2. The molecule has 9 nitrogen and oxygen atoms in total. The van der Waals surface area contributed by atoms with Crippen LogP contribution < -0.4 is 15.4 Å². The van der Waals surface area contributed by atoms with Gasteiger partial charge in [0.1, 0.15) is 17.7 Å². The maximum absolute atomic E-state index is 12.7. The molecule has 0 aliphatic carbocycles. The summed E-state index contributed by atoms with van der Waals surface area (Å²) in [5.41, 5.74) is 6.97. The molecule has 4 rings (SSSR count). The Morgan fingerprint density at radius 3 is 2.20 bits per heavy atom. The van der Waals surface area contributed by atoms with E-state index in [1.54, 1.807) is 29.2 Å². The number of nitrogens with zero attached hydrogens (tertiary/aromatic N) is 3. The third-order valence-corrected chi connectivity index (χ3v) is 5.82. The number of hydrogen-bond acceptors (Lipinski definition) is 6. The molecular weight excluding hydrogens is 467 g/mol. The average molecular weight is 491 g/mol. The number of nitrogens with two attached hydrogens (primary N) is 1. The molecule has 0 bridgehead atoms. The molecular formula is C23H24F3N5O4. The lowest BCUT2D eigenvalue weighted by Crippen LogP contribution is -2.50. The minimum atomic E-state index is -4.79. The summed E-state index contributed by atoms with van der Waals surface area (Å²) < 4.78 is 46.2. The number of cyclic esters (lactones) is 1. The van der Waals surface area contributed by atoms with Gasteiger partial charge >= 0.3 is 12.5 Å². The number of hydrogen-bond donors (Lipinski definition) is 2. The first-order valence-corrected chi connectivity index (χ1v) is 10.9. The number of halogens is 3. The molecule has 1 unspecified atom stereocenters. The number of rotatable bonds is 6. The zero-order valence-corrected chi connectivity index (χ0v) is 18.6. The normalized spacial score (nSPS) is 18.9. The number of piperazine rings is 1. The first-order chi connectivity index (χ1) is 16.6. The van der Waals surface area contributed by atoms with Crippen molar-refractivity contribution < 1.29 is 32.2 Å². The first kappa shape index (κ1) is 24.3. The van der Waals surface area contributed by atoms with E-state index >= 15 is 0 Å². The van der Waals surface area contributed by atoms with Crippen LogP contribution >= 0.6 is 0 Å². The molecule has 0 spiro atoms. The number of ether oxygens (including phenoxy) is 2. The van der Waals surface area contributed by atoms with Gasteiger partial charge in [-0.3, -0.25) is 20.0 Å². The molecule has 2 amide bonds. The number of carbonyl (C=O) groups is 2. The fourth-order valence-corrected chi connectivity index (χ4v) is 4.05. The summed E-state index contributed by atoms with van der Waals surface area (Å²) in [7, 11) is 0. The third kappa shape index (κ3) is 6.01. The summed E-state index contributed by atoms with van der Waals surface area (Å²) in [6.45, 7) is 2.92. The lowest BCUT2D eigenvalue weighted by Gasteiger charge is -2.35. The Morgan fingerprint density at radius 2 is 1.63 bits per heavy atom. The SMILES string of the molecule is N=C(N)c1ccc(N2CC(CN3CCN(C(=O)c4ccc(OC(F)(F)F)cc4)CC3)OC2=O)cc1. The van der Waals surface area contributed by atoms with E-state index in [1.807, 2.05) is 0 Å². The summed E-state index contributed by atoms with van der Waals surface area (Å²) in [5.74, 6) is -0.701. The molecule has 2 heterocycles. The van der Waals surface area contributed by atoms with Crippen molar-refractivity contribution >= 4 is 23.5 Å². The number of carbonyl (C=O) groups excluding carboxylic acids is 2. The highest BCUT2D eigenvalue weighted by atomic mass is 19.4. The van der Waals surface area contributed by atoms with Crippen molar-refractivity contribution in [3.8, 4) is 5.75 Å². The molecule has 1 atom stereocenters. The Morgan fingerprint density at radius 1 is 1.03 bits per heavy atom. The highest BCUT2D eigenvalue weighted by Crippen LogP contribution is 2.24. The zero-order valence-electron chi connectivity index (χ0n) is 18.6. The van der Waals surface area contributed by atoms with Crippen LogP contribution in [0.25, 0.3) is 0 Å². The van der Waals surface area contributed by atoms with Crippen LogP contribution in [0.15, 0.2) is 48.5 Å². The van der Waals surface area contributed by atoms with Gasteiger partial charge in [-0.1, -0.05) is 0 Å². The minimum Gasteiger partial charge on any atom is -0.443 e. The van der Waals surface area contributed by atoms with E-state index in [2.05, 4.69) is 9.64 Å². The molecule has 3 N–H and O–H groups in total. The highest BCUT2D eigenvalue weighted by molar-refractivity contribution is 5.96. The van der Waals surface area contributed by atoms with Gasteiger partial charge in [-0.15, -0.1) is 13.2 Å². The summed E-state index contributed by atoms with van der Waals surface area (Å²) in [6, 6.07) is 11.6. The van der Waals surface area contributed by atoms with Crippen molar-refractivity contribution in [1.82, 2.24) is 9.80 Å². The second-order valence-corrected chi connectivity index (χ2v) is 8.24. The maximum Gasteiger partial charge on any atom is 0.573 e. The van der Waals surface area contributed by atoms with Crippen LogP contribution in [0.4, 0.5) is 23.7 Å². The summed E-state index contributed by atoms with van der Waals surface area (Å²) in [5, 5.41) is 7.46. The van der Waals surface area contributed by atoms with Crippen molar-refractivity contribution in [3.63, 3.8) is 0 Å². The molecule has 0 aromatic heterocycles. The number of nitrogens with one attached hydrogen (secondary N) is 1. The summed E-state index contributed by atoms with van der Waals surface area (Å²) in [6.07, 6.45) is -5.57. The Kier molecular flexibility index (Phi) is 6.83. The third-order valence-electron chi connectivity index (χ3n) is 5.82. The lowest BCUT2D eigenvalue weighted by atomic mass is 10.1. The van der Waals surface area contributed by atoms with Crippen LogP contribution in [-0.2, 0) is 4.74 Å². The van der Waals surface area contributed by atoms with Crippen LogP contribution in [0.2, 0.25) is 0 Å². The maximum atomic E-state index is 12.7. The second kappa shape index (κ2) is 9.82. The van der Waals surface area contributed by atoms with Crippen LogP contribution in [0.5, 0.6) is 5.75 Å². The zero-order chi connectivity index (χ0) is 25.2. The van der Waals surface area contributed by atoms with E-state index in [0.717, 1.165) is 12.1 Å². The average Bonchev–Trinajstić information content (AvgIpc) is 3.18. The van der Waals surface area contributed by atoms with Gasteiger partial charge in [-0.2, -0.15) is 0 Å². The van der Waals surface area contributed by atoms with Gasteiger partial charge in [0.25, 0.3) is 5.91 Å². The molecule has 2 fully saturated rings. The fraction of sp³-hybridized carbons (Fsp3) is 0.348. The Bertz CT molecular complexity index is 1080. The first-order valence-electron chi connectivity index (χ1n) is 10.9. The van der Waals surface area contributed by atoms with Gasteiger partial charge in [-0.25, -0.2) is 4.79 Å². The summed E-state index contributed by atoms with van der Waals surface area (Å²) in [4.78, 5) is 30.3. The van der Waals surface area contributed by atoms with Gasteiger partial charge in [0.05, 0.1) is 6.54 Å². The smallest absolute Gasteiger partial charge is 0.443 e. The van der Waals surface area contributed by atoms with Crippen LogP contribution in [-0.4, -0.2) is 79.4 Å². The molecule has 186 valence electrons. The molecule has 2 aliphatic rings. The predicted octanol–water partition coefficient (Wildman–Crippen LogP) is 2.65. The van der Waals surface area contributed by atoms with E-state index in [4.69, 9.17) is 15.9 Å². The van der Waals surface area contributed by atoms with E-state index in [1.165, 1.54) is 17.0 Å². The topological polar surface area (TPSA) is 112 Å². The number of anilines is 1. The minimum absolute atomic E-state index is 0.0523. The Hall–Kier alpha value is -3.80. The molecule has 0 saturated carbocycles. The molecule has 12 heteroatoms. The van der Waals surface area contributed by atoms with Crippen molar-refractivity contribution in [1.29, 1.82) is 5.41 Å². The van der Waals surface area contributed by atoms with Crippen molar-refractivity contribution in [2.24, 2.45) is 5.73 Å². The summed E-state index contributed by atoms with van der Waals surface area (Å²) >= 11 is 0. The van der Waals surface area contributed by atoms with Gasteiger partial charge in [0.2, 0.25) is 0 Å². The second-order valence-electron chi connectivity index (χ2n) is 8.24. The van der Waals surface area contributed by atoms with Crippen molar-refractivity contribution in [3.05, 3.63) is 59.7 Å². The number of amidine groups is 1. The molecule has 0 radical (unpaired) electrons. The lowest BCUT2D eigenvalue weighted by molar-refractivity contribution is -0.274. The highest BCUT2D eigenvalue weighted by Gasteiger charge is 2.35. The molecule has 2 aromatic carbocycles. The quantitative estimate of drug-likeness (QED) is 0.475. The largest absolute Gasteiger partial charge is 0.573 e. The van der Waals surface area contributed by atoms with Crippen molar-refractivity contribution in [2.75, 3.05) is 44.2 Å².